The first-order valence-electron chi connectivity index (χ1n) is 8.95. The monoisotopic (exact) mass is 381 g/mol. The molecule has 0 aliphatic rings. The maximum absolute atomic E-state index is 12.5. The molecule has 9 nitrogen and oxygen atoms in total. The van der Waals surface area contributed by atoms with E-state index in [1.165, 1.54) is 16.6 Å². The van der Waals surface area contributed by atoms with Crippen molar-refractivity contribution < 1.29 is 9.53 Å². The van der Waals surface area contributed by atoms with E-state index in [0.717, 1.165) is 12.0 Å². The summed E-state index contributed by atoms with van der Waals surface area (Å²) in [5, 5.41) is 9.84. The van der Waals surface area contributed by atoms with Crippen LogP contribution in [0.25, 0.3) is 5.95 Å². The van der Waals surface area contributed by atoms with Crippen molar-refractivity contribution >= 4 is 11.7 Å². The summed E-state index contributed by atoms with van der Waals surface area (Å²) in [5.41, 5.74) is 2.87. The highest BCUT2D eigenvalue weighted by atomic mass is 16.5. The normalized spacial score (nSPS) is 11.7. The van der Waals surface area contributed by atoms with Gasteiger partial charge in [-0.2, -0.15) is 9.78 Å². The highest BCUT2D eigenvalue weighted by Gasteiger charge is 2.19. The molecule has 3 aromatic rings. The van der Waals surface area contributed by atoms with Crippen LogP contribution in [0.1, 0.15) is 36.8 Å². The average molecular weight is 381 g/mol. The Labute approximate surface area is 163 Å². The number of nitrogens with one attached hydrogen (secondary N) is 2. The lowest BCUT2D eigenvalue weighted by atomic mass is 10.0. The molecule has 9 heteroatoms. The number of hydrogen-bond donors (Lipinski definition) is 2. The molecule has 0 aliphatic heterocycles. The Morgan fingerprint density at radius 3 is 2.68 bits per heavy atom. The minimum Gasteiger partial charge on any atom is -0.495 e. The molecule has 146 valence electrons. The van der Waals surface area contributed by atoms with Gasteiger partial charge in [-0.05, 0) is 49.6 Å². The number of carbonyl (C=O) groups is 1. The SMILES string of the molecule is CCc1cc(OC)c(NC(=O)N[C@@H](C)c2ncnn2-c2ncccn2)cc1C. The van der Waals surface area contributed by atoms with Crippen LogP contribution < -0.4 is 15.4 Å². The number of benzene rings is 1. The van der Waals surface area contributed by atoms with E-state index in [2.05, 4.69) is 37.6 Å². The van der Waals surface area contributed by atoms with E-state index in [9.17, 15) is 4.79 Å². The van der Waals surface area contributed by atoms with Crippen molar-refractivity contribution in [1.29, 1.82) is 0 Å². The number of carbonyl (C=O) groups excluding carboxylic acids is 1. The Bertz CT molecular complexity index is 956. The van der Waals surface area contributed by atoms with Crippen molar-refractivity contribution in [2.75, 3.05) is 12.4 Å². The molecule has 0 fully saturated rings. The predicted octanol–water partition coefficient (Wildman–Crippen LogP) is 2.82. The Hall–Kier alpha value is -3.49. The molecule has 28 heavy (non-hydrogen) atoms. The standard InChI is InChI=1S/C19H23N7O2/c1-5-14-10-16(28-4)15(9-12(14)2)25-19(27)24-13(3)17-22-11-23-26(17)18-20-7-6-8-21-18/h6-11,13H,5H2,1-4H3,(H2,24,25,27)/t13-/m0/s1. The number of anilines is 1. The van der Waals surface area contributed by atoms with E-state index in [1.54, 1.807) is 25.6 Å². The summed E-state index contributed by atoms with van der Waals surface area (Å²) in [6.45, 7) is 5.90. The van der Waals surface area contributed by atoms with Crippen LogP contribution in [-0.4, -0.2) is 37.9 Å². The molecule has 2 aromatic heterocycles. The van der Waals surface area contributed by atoms with Gasteiger partial charge in [0.2, 0.25) is 0 Å². The van der Waals surface area contributed by atoms with Gasteiger partial charge >= 0.3 is 6.03 Å². The molecule has 0 saturated heterocycles. The minimum atomic E-state index is -0.423. The van der Waals surface area contributed by atoms with E-state index in [1.807, 2.05) is 26.0 Å². The highest BCUT2D eigenvalue weighted by Crippen LogP contribution is 2.28. The summed E-state index contributed by atoms with van der Waals surface area (Å²) in [5.74, 6) is 1.52. The zero-order valence-corrected chi connectivity index (χ0v) is 16.3. The van der Waals surface area contributed by atoms with Crippen molar-refractivity contribution in [1.82, 2.24) is 30.0 Å². The maximum atomic E-state index is 12.5. The molecule has 0 aliphatic carbocycles. The molecular formula is C19H23N7O2. The van der Waals surface area contributed by atoms with E-state index in [0.29, 0.717) is 23.2 Å². The average Bonchev–Trinajstić information content (AvgIpc) is 3.19. The molecular weight excluding hydrogens is 358 g/mol. The zero-order valence-electron chi connectivity index (χ0n) is 16.3. The van der Waals surface area contributed by atoms with Gasteiger partial charge in [-0.25, -0.2) is 19.7 Å². The van der Waals surface area contributed by atoms with Gasteiger partial charge in [-0.1, -0.05) is 6.92 Å². The number of methoxy groups -OCH3 is 1. The number of nitrogens with zero attached hydrogens (tertiary/aromatic N) is 5. The first-order valence-corrected chi connectivity index (χ1v) is 8.95. The maximum Gasteiger partial charge on any atom is 0.319 e. The minimum absolute atomic E-state index is 0.377. The fourth-order valence-corrected chi connectivity index (χ4v) is 2.90. The first kappa shape index (κ1) is 19.3. The van der Waals surface area contributed by atoms with Gasteiger partial charge in [0.05, 0.1) is 18.8 Å². The summed E-state index contributed by atoms with van der Waals surface area (Å²) in [4.78, 5) is 25.1. The largest absolute Gasteiger partial charge is 0.495 e. The topological polar surface area (TPSA) is 107 Å². The fourth-order valence-electron chi connectivity index (χ4n) is 2.90. The third kappa shape index (κ3) is 4.08. The van der Waals surface area contributed by atoms with Gasteiger partial charge in [-0.3, -0.25) is 0 Å². The number of amides is 2. The Kier molecular flexibility index (Phi) is 5.83. The molecule has 0 radical (unpaired) electrons. The second-order valence-corrected chi connectivity index (χ2v) is 6.23. The summed E-state index contributed by atoms with van der Waals surface area (Å²) >= 11 is 0. The Balaban J connectivity index is 1.74. The predicted molar refractivity (Wildman–Crippen MR) is 105 cm³/mol. The van der Waals surface area contributed by atoms with Crippen LogP contribution in [0.2, 0.25) is 0 Å². The highest BCUT2D eigenvalue weighted by molar-refractivity contribution is 5.91. The van der Waals surface area contributed by atoms with Crippen LogP contribution in [0.3, 0.4) is 0 Å². The molecule has 0 bridgehead atoms. The second kappa shape index (κ2) is 8.47. The van der Waals surface area contributed by atoms with Crippen LogP contribution in [0.15, 0.2) is 36.9 Å². The van der Waals surface area contributed by atoms with E-state index < -0.39 is 6.04 Å². The molecule has 0 unspecified atom stereocenters. The summed E-state index contributed by atoms with van der Waals surface area (Å²) in [6, 6.07) is 4.76. The first-order chi connectivity index (χ1) is 13.5. The molecule has 2 N–H and O–H groups in total. The van der Waals surface area contributed by atoms with E-state index in [-0.39, 0.29) is 6.03 Å². The van der Waals surface area contributed by atoms with Crippen LogP contribution in [-0.2, 0) is 6.42 Å². The van der Waals surface area contributed by atoms with Crippen LogP contribution in [0, 0.1) is 6.92 Å². The van der Waals surface area contributed by atoms with Crippen molar-refractivity contribution in [3.63, 3.8) is 0 Å². The second-order valence-electron chi connectivity index (χ2n) is 6.23. The van der Waals surface area contributed by atoms with Gasteiger partial charge in [0.25, 0.3) is 5.95 Å². The van der Waals surface area contributed by atoms with Crippen LogP contribution in [0.4, 0.5) is 10.5 Å². The quantitative estimate of drug-likeness (QED) is 0.680. The Morgan fingerprint density at radius 2 is 2.00 bits per heavy atom. The molecule has 2 amide bonds. The smallest absolute Gasteiger partial charge is 0.319 e. The van der Waals surface area contributed by atoms with Gasteiger partial charge in [0, 0.05) is 12.4 Å². The number of aromatic nitrogens is 5. The summed E-state index contributed by atoms with van der Waals surface area (Å²) < 4.78 is 6.90. The van der Waals surface area contributed by atoms with Gasteiger partial charge in [0.15, 0.2) is 5.82 Å². The zero-order chi connectivity index (χ0) is 20.1. The third-order valence-electron chi connectivity index (χ3n) is 4.34. The molecule has 3 rings (SSSR count). The summed E-state index contributed by atoms with van der Waals surface area (Å²) in [7, 11) is 1.58. The van der Waals surface area contributed by atoms with Gasteiger partial charge < -0.3 is 15.4 Å². The molecule has 1 atom stereocenters. The third-order valence-corrected chi connectivity index (χ3v) is 4.34. The van der Waals surface area contributed by atoms with Gasteiger partial charge in [0.1, 0.15) is 12.1 Å². The fraction of sp³-hybridized carbons (Fsp3) is 0.316. The Morgan fingerprint density at radius 1 is 1.25 bits per heavy atom. The summed E-state index contributed by atoms with van der Waals surface area (Å²) in [6.07, 6.45) is 5.53. The number of urea groups is 1. The van der Waals surface area contributed by atoms with E-state index >= 15 is 0 Å². The van der Waals surface area contributed by atoms with Crippen molar-refractivity contribution in [2.24, 2.45) is 0 Å². The van der Waals surface area contributed by atoms with Crippen molar-refractivity contribution in [3.8, 4) is 11.7 Å². The van der Waals surface area contributed by atoms with E-state index in [4.69, 9.17) is 4.74 Å². The number of hydrogen-bond acceptors (Lipinski definition) is 6. The molecule has 0 spiro atoms. The molecule has 0 saturated carbocycles. The van der Waals surface area contributed by atoms with Crippen molar-refractivity contribution in [2.45, 2.75) is 33.2 Å². The lowest BCUT2D eigenvalue weighted by Gasteiger charge is -2.17. The van der Waals surface area contributed by atoms with Gasteiger partial charge in [-0.15, -0.1) is 0 Å². The molecule has 1 aromatic carbocycles. The van der Waals surface area contributed by atoms with Crippen molar-refractivity contribution in [3.05, 3.63) is 53.9 Å². The van der Waals surface area contributed by atoms with Crippen LogP contribution >= 0.6 is 0 Å². The van der Waals surface area contributed by atoms with Crippen LogP contribution in [0.5, 0.6) is 5.75 Å². The number of ether oxygens (including phenoxy) is 1. The lowest BCUT2D eigenvalue weighted by Crippen LogP contribution is -2.33. The number of rotatable bonds is 6. The number of aryl methyl sites for hydroxylation is 2. The lowest BCUT2D eigenvalue weighted by molar-refractivity contribution is 0.248. The molecule has 2 heterocycles.